The highest BCUT2D eigenvalue weighted by Gasteiger charge is 2.18. The van der Waals surface area contributed by atoms with E-state index in [0.29, 0.717) is 18.0 Å². The first-order valence-corrected chi connectivity index (χ1v) is 5.52. The van der Waals surface area contributed by atoms with Gasteiger partial charge in [0.15, 0.2) is 0 Å². The van der Waals surface area contributed by atoms with Gasteiger partial charge in [0.1, 0.15) is 0 Å². The van der Waals surface area contributed by atoms with Gasteiger partial charge in [-0.2, -0.15) is 0 Å². The van der Waals surface area contributed by atoms with Crippen LogP contribution in [0.4, 0.5) is 0 Å². The summed E-state index contributed by atoms with van der Waals surface area (Å²) < 4.78 is 4.93. The summed E-state index contributed by atoms with van der Waals surface area (Å²) in [6.45, 7) is 4.09. The van der Waals surface area contributed by atoms with Crippen molar-refractivity contribution in [2.24, 2.45) is 0 Å². The Kier molecular flexibility index (Phi) is 4.90. The molecule has 0 unspecified atom stereocenters. The van der Waals surface area contributed by atoms with Crippen LogP contribution in [0.2, 0.25) is 0 Å². The summed E-state index contributed by atoms with van der Waals surface area (Å²) in [5.74, 6) is 0.337. The lowest BCUT2D eigenvalue weighted by Crippen LogP contribution is -2.39. The Morgan fingerprint density at radius 1 is 1.53 bits per heavy atom. The molecule has 0 saturated heterocycles. The third-order valence-electron chi connectivity index (χ3n) is 2.42. The highest BCUT2D eigenvalue weighted by Crippen LogP contribution is 2.11. The molecule has 0 aliphatic heterocycles. The normalized spacial score (nSPS) is 10.4. The molecular formula is C12H18N2O3. The van der Waals surface area contributed by atoms with Gasteiger partial charge < -0.3 is 14.7 Å². The van der Waals surface area contributed by atoms with E-state index in [1.165, 1.54) is 13.3 Å². The van der Waals surface area contributed by atoms with Crippen molar-refractivity contribution in [3.63, 3.8) is 0 Å². The van der Waals surface area contributed by atoms with Crippen molar-refractivity contribution >= 4 is 5.91 Å². The summed E-state index contributed by atoms with van der Waals surface area (Å²) in [7, 11) is 1.52. The SMILES string of the molecule is COc1ccc(C(=O)N(CCO)C(C)C)cn1. The van der Waals surface area contributed by atoms with E-state index in [2.05, 4.69) is 4.98 Å². The second kappa shape index (κ2) is 6.20. The molecule has 0 aliphatic carbocycles. The maximum atomic E-state index is 12.1. The largest absolute Gasteiger partial charge is 0.481 e. The van der Waals surface area contributed by atoms with Crippen molar-refractivity contribution in [3.8, 4) is 5.88 Å². The van der Waals surface area contributed by atoms with Gasteiger partial charge in [-0.15, -0.1) is 0 Å². The monoisotopic (exact) mass is 238 g/mol. The minimum absolute atomic E-state index is 0.0387. The van der Waals surface area contributed by atoms with Crippen LogP contribution in [-0.2, 0) is 0 Å². The van der Waals surface area contributed by atoms with Crippen LogP contribution in [0.25, 0.3) is 0 Å². The quantitative estimate of drug-likeness (QED) is 0.829. The molecule has 0 bridgehead atoms. The molecule has 0 atom stereocenters. The first kappa shape index (κ1) is 13.4. The first-order valence-electron chi connectivity index (χ1n) is 5.52. The zero-order valence-electron chi connectivity index (χ0n) is 10.4. The van der Waals surface area contributed by atoms with Gasteiger partial charge in [0.2, 0.25) is 5.88 Å². The standard InChI is InChI=1S/C12H18N2O3/c1-9(2)14(6-7-15)12(16)10-4-5-11(17-3)13-8-10/h4-5,8-9,15H,6-7H2,1-3H3. The van der Waals surface area contributed by atoms with Crippen LogP contribution in [0.1, 0.15) is 24.2 Å². The Labute approximate surface area is 101 Å². The molecule has 0 aromatic carbocycles. The van der Waals surface area contributed by atoms with Crippen molar-refractivity contribution in [2.75, 3.05) is 20.3 Å². The van der Waals surface area contributed by atoms with Crippen molar-refractivity contribution in [1.82, 2.24) is 9.88 Å². The second-order valence-corrected chi connectivity index (χ2v) is 3.91. The fourth-order valence-corrected chi connectivity index (χ4v) is 1.50. The van der Waals surface area contributed by atoms with E-state index in [-0.39, 0.29) is 18.6 Å². The smallest absolute Gasteiger partial charge is 0.255 e. The summed E-state index contributed by atoms with van der Waals surface area (Å²) in [5.41, 5.74) is 0.493. The minimum atomic E-state index is -0.135. The predicted molar refractivity (Wildman–Crippen MR) is 64.0 cm³/mol. The fraction of sp³-hybridized carbons (Fsp3) is 0.500. The van der Waals surface area contributed by atoms with Gasteiger partial charge in [0.05, 0.1) is 19.3 Å². The predicted octanol–water partition coefficient (Wildman–Crippen LogP) is 0.933. The van der Waals surface area contributed by atoms with Crippen LogP contribution in [-0.4, -0.2) is 47.2 Å². The molecule has 1 rings (SSSR count). The number of pyridine rings is 1. The van der Waals surface area contributed by atoms with Crippen LogP contribution >= 0.6 is 0 Å². The fourth-order valence-electron chi connectivity index (χ4n) is 1.50. The number of aliphatic hydroxyl groups excluding tert-OH is 1. The van der Waals surface area contributed by atoms with E-state index in [9.17, 15) is 4.79 Å². The minimum Gasteiger partial charge on any atom is -0.481 e. The Bertz CT molecular complexity index is 363. The molecule has 0 aliphatic rings. The maximum Gasteiger partial charge on any atom is 0.255 e. The Morgan fingerprint density at radius 3 is 2.65 bits per heavy atom. The van der Waals surface area contributed by atoms with Crippen molar-refractivity contribution in [1.29, 1.82) is 0 Å². The Hall–Kier alpha value is -1.62. The molecule has 1 aromatic heterocycles. The summed E-state index contributed by atoms with van der Waals surface area (Å²) in [6, 6.07) is 3.35. The molecule has 5 nitrogen and oxygen atoms in total. The number of aliphatic hydroxyl groups is 1. The number of carbonyl (C=O) groups excluding carboxylic acids is 1. The van der Waals surface area contributed by atoms with Crippen LogP contribution in [0, 0.1) is 0 Å². The van der Waals surface area contributed by atoms with Crippen LogP contribution < -0.4 is 4.74 Å². The zero-order chi connectivity index (χ0) is 12.8. The average molecular weight is 238 g/mol. The third kappa shape index (κ3) is 3.42. The number of nitrogens with zero attached hydrogens (tertiary/aromatic N) is 2. The van der Waals surface area contributed by atoms with Gasteiger partial charge in [0.25, 0.3) is 5.91 Å². The topological polar surface area (TPSA) is 62.7 Å². The molecule has 0 fully saturated rings. The van der Waals surface area contributed by atoms with Crippen molar-refractivity contribution in [3.05, 3.63) is 23.9 Å². The lowest BCUT2D eigenvalue weighted by atomic mass is 10.2. The number of carbonyl (C=O) groups is 1. The molecule has 0 saturated carbocycles. The second-order valence-electron chi connectivity index (χ2n) is 3.91. The highest BCUT2D eigenvalue weighted by molar-refractivity contribution is 5.94. The number of hydrogen-bond donors (Lipinski definition) is 1. The number of methoxy groups -OCH3 is 1. The van der Waals surface area contributed by atoms with Crippen LogP contribution in [0.5, 0.6) is 5.88 Å². The van der Waals surface area contributed by atoms with Gasteiger partial charge in [-0.25, -0.2) is 4.98 Å². The summed E-state index contributed by atoms with van der Waals surface area (Å²) in [4.78, 5) is 17.7. The molecule has 1 aromatic rings. The Balaban J connectivity index is 2.85. The number of rotatable bonds is 5. The van der Waals surface area contributed by atoms with Crippen molar-refractivity contribution in [2.45, 2.75) is 19.9 Å². The molecule has 1 N–H and O–H groups in total. The zero-order valence-corrected chi connectivity index (χ0v) is 10.4. The van der Waals surface area contributed by atoms with Gasteiger partial charge in [0, 0.05) is 24.8 Å². The Morgan fingerprint density at radius 2 is 2.24 bits per heavy atom. The number of hydrogen-bond acceptors (Lipinski definition) is 4. The van der Waals surface area contributed by atoms with E-state index >= 15 is 0 Å². The van der Waals surface area contributed by atoms with E-state index in [1.54, 1.807) is 17.0 Å². The molecule has 1 heterocycles. The van der Waals surface area contributed by atoms with Gasteiger partial charge in [-0.05, 0) is 19.9 Å². The average Bonchev–Trinajstić information content (AvgIpc) is 2.35. The van der Waals surface area contributed by atoms with Crippen LogP contribution in [0.15, 0.2) is 18.3 Å². The van der Waals surface area contributed by atoms with E-state index in [0.717, 1.165) is 0 Å². The van der Waals surface area contributed by atoms with E-state index < -0.39 is 0 Å². The molecule has 0 spiro atoms. The van der Waals surface area contributed by atoms with Gasteiger partial charge >= 0.3 is 0 Å². The van der Waals surface area contributed by atoms with E-state index in [1.807, 2.05) is 13.8 Å². The molecule has 17 heavy (non-hydrogen) atoms. The molecule has 0 radical (unpaired) electrons. The molecule has 94 valence electrons. The summed E-state index contributed by atoms with van der Waals surface area (Å²) in [6.07, 6.45) is 1.48. The lowest BCUT2D eigenvalue weighted by Gasteiger charge is -2.25. The lowest BCUT2D eigenvalue weighted by molar-refractivity contribution is 0.0665. The number of aromatic nitrogens is 1. The third-order valence-corrected chi connectivity index (χ3v) is 2.42. The van der Waals surface area contributed by atoms with Gasteiger partial charge in [-0.1, -0.05) is 0 Å². The van der Waals surface area contributed by atoms with Crippen LogP contribution in [0.3, 0.4) is 0 Å². The van der Waals surface area contributed by atoms with Crippen molar-refractivity contribution < 1.29 is 14.6 Å². The maximum absolute atomic E-state index is 12.1. The first-order chi connectivity index (χ1) is 8.10. The molecule has 1 amide bonds. The summed E-state index contributed by atoms with van der Waals surface area (Å²) in [5, 5.41) is 8.93. The molecular weight excluding hydrogens is 220 g/mol. The molecule has 5 heteroatoms. The van der Waals surface area contributed by atoms with E-state index in [4.69, 9.17) is 9.84 Å². The number of amides is 1. The van der Waals surface area contributed by atoms with Gasteiger partial charge in [-0.3, -0.25) is 4.79 Å². The number of ether oxygens (including phenoxy) is 1. The summed E-state index contributed by atoms with van der Waals surface area (Å²) >= 11 is 0. The highest BCUT2D eigenvalue weighted by atomic mass is 16.5.